The maximum Gasteiger partial charge on any atom is 0.228 e. The van der Waals surface area contributed by atoms with Crippen LogP contribution in [0.3, 0.4) is 0 Å². The number of amides is 1. The van der Waals surface area contributed by atoms with Crippen LogP contribution in [-0.2, 0) is 9.59 Å². The molecule has 5 heteroatoms. The van der Waals surface area contributed by atoms with Gasteiger partial charge in [-0.1, -0.05) is 39.0 Å². The van der Waals surface area contributed by atoms with Crippen molar-refractivity contribution in [3.8, 4) is 0 Å². The van der Waals surface area contributed by atoms with Gasteiger partial charge in [0, 0.05) is 34.4 Å². The van der Waals surface area contributed by atoms with Gasteiger partial charge >= 0.3 is 0 Å². The number of anilines is 3. The van der Waals surface area contributed by atoms with Crippen molar-refractivity contribution in [2.24, 2.45) is 16.7 Å². The summed E-state index contributed by atoms with van der Waals surface area (Å²) >= 11 is 0. The Morgan fingerprint density at radius 2 is 1.48 bits per heavy atom. The second-order valence-corrected chi connectivity index (χ2v) is 7.99. The maximum atomic E-state index is 12.8. The molecule has 1 aliphatic rings. The predicted molar refractivity (Wildman–Crippen MR) is 104 cm³/mol. The Morgan fingerprint density at radius 1 is 0.926 bits per heavy atom. The minimum Gasteiger partial charge on any atom is -0.550 e. The quantitative estimate of drug-likeness (QED) is 0.849. The van der Waals surface area contributed by atoms with Crippen molar-refractivity contribution < 1.29 is 14.7 Å². The molecule has 3 rings (SSSR count). The number of hydrogen-bond acceptors (Lipinski definition) is 4. The Bertz CT molecular complexity index is 830. The fourth-order valence-electron chi connectivity index (χ4n) is 3.88. The first-order valence-electron chi connectivity index (χ1n) is 9.18. The summed E-state index contributed by atoms with van der Waals surface area (Å²) in [6.45, 7) is 5.36. The van der Waals surface area contributed by atoms with Gasteiger partial charge in [-0.15, -0.1) is 0 Å². The van der Waals surface area contributed by atoms with Crippen LogP contribution in [0, 0.1) is 16.7 Å². The molecule has 2 N–H and O–H groups in total. The molecule has 142 valence electrons. The van der Waals surface area contributed by atoms with E-state index in [4.69, 9.17) is 0 Å². The molecular formula is C22H25N2O3-. The largest absolute Gasteiger partial charge is 0.550 e. The minimum atomic E-state index is -1.08. The summed E-state index contributed by atoms with van der Waals surface area (Å²) in [5.74, 6) is -1.60. The van der Waals surface area contributed by atoms with Gasteiger partial charge in [-0.3, -0.25) is 4.79 Å². The van der Waals surface area contributed by atoms with Crippen LogP contribution in [0.5, 0.6) is 0 Å². The third-order valence-electron chi connectivity index (χ3n) is 6.21. The molecule has 27 heavy (non-hydrogen) atoms. The van der Waals surface area contributed by atoms with Crippen LogP contribution in [0.25, 0.3) is 0 Å². The van der Waals surface area contributed by atoms with Gasteiger partial charge in [-0.05, 0) is 54.7 Å². The zero-order chi connectivity index (χ0) is 19.7. The van der Waals surface area contributed by atoms with Crippen LogP contribution in [0.2, 0.25) is 0 Å². The summed E-state index contributed by atoms with van der Waals surface area (Å²) in [7, 11) is 0. The number of carbonyl (C=O) groups excluding carboxylic acids is 2. The molecule has 0 bridgehead atoms. The Morgan fingerprint density at radius 3 is 2.04 bits per heavy atom. The number of hydrogen-bond donors (Lipinski definition) is 2. The fourth-order valence-corrected chi connectivity index (χ4v) is 3.88. The lowest BCUT2D eigenvalue weighted by atomic mass is 9.65. The van der Waals surface area contributed by atoms with E-state index in [-0.39, 0.29) is 11.8 Å². The van der Waals surface area contributed by atoms with Crippen LogP contribution >= 0.6 is 0 Å². The Balaban J connectivity index is 1.67. The van der Waals surface area contributed by atoms with Gasteiger partial charge in [0.1, 0.15) is 0 Å². The van der Waals surface area contributed by atoms with Crippen molar-refractivity contribution in [3.05, 3.63) is 54.6 Å². The Hall–Kier alpha value is -2.82. The van der Waals surface area contributed by atoms with E-state index >= 15 is 0 Å². The fraction of sp³-hybridized carbons (Fsp3) is 0.364. The normalized spacial score (nSPS) is 23.6. The molecule has 0 radical (unpaired) electrons. The maximum absolute atomic E-state index is 12.8. The van der Waals surface area contributed by atoms with Crippen LogP contribution in [0.4, 0.5) is 17.1 Å². The lowest BCUT2D eigenvalue weighted by molar-refractivity contribution is -0.323. The number of carboxylic acid groups (broad SMARTS) is 1. The standard InChI is InChI=1S/C22H26N2O3/c1-21(2)18(13-14-22(21,3)20(26)27)19(25)24-17-11-9-16(10-12-17)23-15-7-5-4-6-8-15/h4-12,18,23H,13-14H2,1-3H3,(H,24,25)(H,26,27)/p-1/t18-,22+/m1/s1. The molecule has 0 heterocycles. The molecule has 1 fully saturated rings. The molecule has 1 amide bonds. The molecule has 0 aliphatic heterocycles. The molecule has 1 aliphatic carbocycles. The summed E-state index contributed by atoms with van der Waals surface area (Å²) < 4.78 is 0. The smallest absolute Gasteiger partial charge is 0.228 e. The third-order valence-corrected chi connectivity index (χ3v) is 6.21. The average molecular weight is 365 g/mol. The number of aliphatic carboxylic acids is 1. The van der Waals surface area contributed by atoms with Gasteiger partial charge in [-0.2, -0.15) is 0 Å². The topological polar surface area (TPSA) is 81.3 Å². The minimum absolute atomic E-state index is 0.145. The van der Waals surface area contributed by atoms with Crippen LogP contribution in [0.1, 0.15) is 33.6 Å². The molecular weight excluding hydrogens is 340 g/mol. The molecule has 0 aromatic heterocycles. The van der Waals surface area contributed by atoms with E-state index in [1.54, 1.807) is 6.92 Å². The summed E-state index contributed by atoms with van der Waals surface area (Å²) in [5, 5.41) is 17.8. The van der Waals surface area contributed by atoms with Gasteiger partial charge < -0.3 is 20.5 Å². The lowest BCUT2D eigenvalue weighted by Gasteiger charge is -2.41. The number of para-hydroxylation sites is 1. The number of benzene rings is 2. The second kappa shape index (κ2) is 7.06. The van der Waals surface area contributed by atoms with E-state index in [0.29, 0.717) is 18.5 Å². The van der Waals surface area contributed by atoms with Gasteiger partial charge in [-0.25, -0.2) is 0 Å². The molecule has 2 atom stereocenters. The highest BCUT2D eigenvalue weighted by atomic mass is 16.4. The van der Waals surface area contributed by atoms with Crippen LogP contribution in [0.15, 0.2) is 54.6 Å². The number of nitrogens with one attached hydrogen (secondary N) is 2. The average Bonchev–Trinajstić information content (AvgIpc) is 2.88. The van der Waals surface area contributed by atoms with Crippen molar-refractivity contribution in [2.75, 3.05) is 10.6 Å². The van der Waals surface area contributed by atoms with Crippen molar-refractivity contribution in [1.29, 1.82) is 0 Å². The van der Waals surface area contributed by atoms with E-state index < -0.39 is 16.8 Å². The summed E-state index contributed by atoms with van der Waals surface area (Å²) in [4.78, 5) is 24.4. The zero-order valence-corrected chi connectivity index (χ0v) is 15.9. The molecule has 1 saturated carbocycles. The third kappa shape index (κ3) is 3.54. The van der Waals surface area contributed by atoms with E-state index in [1.807, 2.05) is 68.4 Å². The first-order chi connectivity index (χ1) is 12.7. The zero-order valence-electron chi connectivity index (χ0n) is 15.9. The van der Waals surface area contributed by atoms with E-state index in [9.17, 15) is 14.7 Å². The monoisotopic (exact) mass is 365 g/mol. The van der Waals surface area contributed by atoms with Gasteiger partial charge in [0.15, 0.2) is 0 Å². The molecule has 5 nitrogen and oxygen atoms in total. The van der Waals surface area contributed by atoms with Crippen LogP contribution < -0.4 is 15.7 Å². The van der Waals surface area contributed by atoms with E-state index in [0.717, 1.165) is 11.4 Å². The second-order valence-electron chi connectivity index (χ2n) is 7.99. The molecule has 2 aromatic carbocycles. The highest BCUT2D eigenvalue weighted by Gasteiger charge is 2.54. The number of rotatable bonds is 5. The predicted octanol–water partition coefficient (Wildman–Crippen LogP) is 3.56. The van der Waals surface area contributed by atoms with Gasteiger partial charge in [0.2, 0.25) is 5.91 Å². The van der Waals surface area contributed by atoms with Crippen molar-refractivity contribution in [2.45, 2.75) is 33.6 Å². The van der Waals surface area contributed by atoms with E-state index in [1.165, 1.54) is 0 Å². The highest BCUT2D eigenvalue weighted by Crippen LogP contribution is 2.55. The number of carbonyl (C=O) groups is 2. The van der Waals surface area contributed by atoms with E-state index in [2.05, 4.69) is 10.6 Å². The summed E-state index contributed by atoms with van der Waals surface area (Å²) in [6, 6.07) is 17.3. The van der Waals surface area contributed by atoms with Crippen molar-refractivity contribution >= 4 is 28.9 Å². The molecule has 0 spiro atoms. The summed E-state index contributed by atoms with van der Waals surface area (Å²) in [5.41, 5.74) is 0.924. The highest BCUT2D eigenvalue weighted by molar-refractivity contribution is 5.94. The van der Waals surface area contributed by atoms with Crippen LogP contribution in [-0.4, -0.2) is 11.9 Å². The number of carboxylic acids is 1. The lowest BCUT2D eigenvalue weighted by Crippen LogP contribution is -2.49. The Labute approximate surface area is 159 Å². The molecule has 0 saturated heterocycles. The van der Waals surface area contributed by atoms with Crippen molar-refractivity contribution in [1.82, 2.24) is 0 Å². The van der Waals surface area contributed by atoms with Gasteiger partial charge in [0.05, 0.1) is 0 Å². The molecule has 2 aromatic rings. The van der Waals surface area contributed by atoms with Crippen molar-refractivity contribution in [3.63, 3.8) is 0 Å². The Kier molecular flexibility index (Phi) is 4.96. The SMILES string of the molecule is CC1(C)[C@@H](C(=O)Nc2ccc(Nc3ccccc3)cc2)CC[C@@]1(C)C(=O)[O-]. The first kappa shape index (κ1) is 19.0. The molecule has 0 unspecified atom stereocenters. The summed E-state index contributed by atoms with van der Waals surface area (Å²) in [6.07, 6.45) is 0.983. The van der Waals surface area contributed by atoms with Gasteiger partial charge in [0.25, 0.3) is 0 Å². The first-order valence-corrected chi connectivity index (χ1v) is 9.18.